The molecule has 2 rings (SSSR count). The van der Waals surface area contributed by atoms with Crippen LogP contribution < -0.4 is 5.32 Å². The van der Waals surface area contributed by atoms with Gasteiger partial charge in [-0.1, -0.05) is 38.3 Å². The van der Waals surface area contributed by atoms with E-state index in [0.29, 0.717) is 6.04 Å². The molecule has 120 valence electrons. The summed E-state index contributed by atoms with van der Waals surface area (Å²) in [5.74, 6) is 0.153. The minimum atomic E-state index is 0.0159. The predicted octanol–water partition coefficient (Wildman–Crippen LogP) is 3.98. The molecule has 21 heavy (non-hydrogen) atoms. The van der Waals surface area contributed by atoms with E-state index in [0.717, 1.165) is 25.8 Å². The highest BCUT2D eigenvalue weighted by molar-refractivity contribution is 5.78. The first-order valence-electron chi connectivity index (χ1n) is 8.90. The SMILES string of the molecule is CCCC1CCCCCC=CCCCC2C(=O)OC2CN1. The molecule has 0 aromatic heterocycles. The smallest absolute Gasteiger partial charge is 0.313 e. The fourth-order valence-electron chi connectivity index (χ4n) is 3.39. The van der Waals surface area contributed by atoms with Gasteiger partial charge < -0.3 is 10.1 Å². The van der Waals surface area contributed by atoms with Gasteiger partial charge in [0.2, 0.25) is 0 Å². The van der Waals surface area contributed by atoms with Crippen molar-refractivity contribution in [3.8, 4) is 0 Å². The van der Waals surface area contributed by atoms with Gasteiger partial charge in [-0.25, -0.2) is 0 Å². The van der Waals surface area contributed by atoms with Crippen LogP contribution in [0.5, 0.6) is 0 Å². The Hall–Kier alpha value is -0.830. The summed E-state index contributed by atoms with van der Waals surface area (Å²) in [6.45, 7) is 3.09. The maximum absolute atomic E-state index is 11.6. The van der Waals surface area contributed by atoms with E-state index in [1.165, 1.54) is 44.9 Å². The molecule has 0 bridgehead atoms. The summed E-state index contributed by atoms with van der Waals surface area (Å²) in [6.07, 6.45) is 16.7. The second-order valence-electron chi connectivity index (χ2n) is 6.52. The maximum Gasteiger partial charge on any atom is 0.313 e. The van der Waals surface area contributed by atoms with Crippen LogP contribution in [-0.4, -0.2) is 24.7 Å². The van der Waals surface area contributed by atoms with Gasteiger partial charge in [-0.3, -0.25) is 4.79 Å². The van der Waals surface area contributed by atoms with Gasteiger partial charge in [0.05, 0.1) is 5.92 Å². The highest BCUT2D eigenvalue weighted by Gasteiger charge is 2.41. The molecule has 0 spiro atoms. The van der Waals surface area contributed by atoms with Crippen molar-refractivity contribution in [1.82, 2.24) is 5.32 Å². The summed E-state index contributed by atoms with van der Waals surface area (Å²) in [5.41, 5.74) is 0. The Morgan fingerprint density at radius 1 is 1.14 bits per heavy atom. The first-order valence-corrected chi connectivity index (χ1v) is 8.90. The minimum absolute atomic E-state index is 0.0159. The molecule has 1 saturated heterocycles. The van der Waals surface area contributed by atoms with E-state index >= 15 is 0 Å². The van der Waals surface area contributed by atoms with Crippen LogP contribution in [0, 0.1) is 5.92 Å². The van der Waals surface area contributed by atoms with E-state index in [1.807, 2.05) is 0 Å². The molecule has 3 unspecified atom stereocenters. The largest absolute Gasteiger partial charge is 0.460 e. The van der Waals surface area contributed by atoms with Crippen LogP contribution in [0.25, 0.3) is 0 Å². The zero-order chi connectivity index (χ0) is 14.9. The van der Waals surface area contributed by atoms with Gasteiger partial charge in [0.15, 0.2) is 0 Å². The first kappa shape index (κ1) is 16.5. The summed E-state index contributed by atoms with van der Waals surface area (Å²) in [6, 6.07) is 0.593. The lowest BCUT2D eigenvalue weighted by atomic mass is 9.90. The Balaban J connectivity index is 1.85. The third-order valence-electron chi connectivity index (χ3n) is 4.74. The standard InChI is InChI=1S/C18H31NO2/c1-2-11-15-12-9-7-5-3-4-6-8-10-13-16-17(14-19-15)21-18(16)20/h4,6,15-17,19H,2-3,5,7-14H2,1H3. The molecule has 0 radical (unpaired) electrons. The van der Waals surface area contributed by atoms with Gasteiger partial charge in [-0.05, 0) is 44.9 Å². The van der Waals surface area contributed by atoms with E-state index in [-0.39, 0.29) is 18.0 Å². The molecule has 2 aliphatic heterocycles. The van der Waals surface area contributed by atoms with Crippen LogP contribution in [0.15, 0.2) is 12.2 Å². The van der Waals surface area contributed by atoms with E-state index in [2.05, 4.69) is 24.4 Å². The third-order valence-corrected chi connectivity index (χ3v) is 4.74. The van der Waals surface area contributed by atoms with Gasteiger partial charge in [0.25, 0.3) is 0 Å². The van der Waals surface area contributed by atoms with Crippen molar-refractivity contribution >= 4 is 5.97 Å². The molecule has 0 saturated carbocycles. The monoisotopic (exact) mass is 293 g/mol. The van der Waals surface area contributed by atoms with Crippen LogP contribution in [0.2, 0.25) is 0 Å². The van der Waals surface area contributed by atoms with E-state index in [4.69, 9.17) is 4.74 Å². The van der Waals surface area contributed by atoms with E-state index < -0.39 is 0 Å². The average molecular weight is 293 g/mol. The second-order valence-corrected chi connectivity index (χ2v) is 6.52. The van der Waals surface area contributed by atoms with Crippen molar-refractivity contribution < 1.29 is 9.53 Å². The molecule has 0 aromatic rings. The van der Waals surface area contributed by atoms with Crippen LogP contribution >= 0.6 is 0 Å². The quantitative estimate of drug-likeness (QED) is 0.618. The fraction of sp³-hybridized carbons (Fsp3) is 0.833. The molecular weight excluding hydrogens is 262 g/mol. The van der Waals surface area contributed by atoms with Crippen molar-refractivity contribution in [2.75, 3.05) is 6.54 Å². The van der Waals surface area contributed by atoms with Crippen molar-refractivity contribution in [3.63, 3.8) is 0 Å². The number of hydrogen-bond donors (Lipinski definition) is 1. The van der Waals surface area contributed by atoms with Crippen molar-refractivity contribution in [2.24, 2.45) is 5.92 Å². The molecule has 2 aliphatic rings. The van der Waals surface area contributed by atoms with Crippen LogP contribution in [-0.2, 0) is 9.53 Å². The highest BCUT2D eigenvalue weighted by Crippen LogP contribution is 2.27. The van der Waals surface area contributed by atoms with Crippen molar-refractivity contribution in [1.29, 1.82) is 0 Å². The molecule has 3 atom stereocenters. The Labute approximate surface area is 129 Å². The van der Waals surface area contributed by atoms with Crippen molar-refractivity contribution in [3.05, 3.63) is 12.2 Å². The van der Waals surface area contributed by atoms with Gasteiger partial charge in [0.1, 0.15) is 6.10 Å². The van der Waals surface area contributed by atoms with Crippen molar-refractivity contribution in [2.45, 2.75) is 83.3 Å². The number of nitrogens with one attached hydrogen (secondary N) is 1. The molecule has 2 heterocycles. The Morgan fingerprint density at radius 2 is 1.95 bits per heavy atom. The van der Waals surface area contributed by atoms with Gasteiger partial charge in [-0.2, -0.15) is 0 Å². The summed E-state index contributed by atoms with van der Waals surface area (Å²) >= 11 is 0. The zero-order valence-corrected chi connectivity index (χ0v) is 13.5. The second kappa shape index (κ2) is 9.24. The summed E-state index contributed by atoms with van der Waals surface area (Å²) in [4.78, 5) is 11.6. The fourth-order valence-corrected chi connectivity index (χ4v) is 3.39. The number of fused-ring (bicyclic) bond motifs is 1. The minimum Gasteiger partial charge on any atom is -0.460 e. The first-order chi connectivity index (χ1) is 10.3. The zero-order valence-electron chi connectivity index (χ0n) is 13.5. The Kier molecular flexibility index (Phi) is 7.28. The van der Waals surface area contributed by atoms with Gasteiger partial charge >= 0.3 is 5.97 Å². The molecule has 0 aliphatic carbocycles. The number of ether oxygens (including phenoxy) is 1. The number of esters is 1. The Morgan fingerprint density at radius 3 is 2.71 bits per heavy atom. The normalized spacial score (nSPS) is 32.2. The molecule has 1 fully saturated rings. The summed E-state index contributed by atoms with van der Waals surface area (Å²) < 4.78 is 5.33. The van der Waals surface area contributed by atoms with E-state index in [9.17, 15) is 4.79 Å². The van der Waals surface area contributed by atoms with E-state index in [1.54, 1.807) is 0 Å². The molecule has 1 N–H and O–H groups in total. The van der Waals surface area contributed by atoms with Gasteiger partial charge in [0, 0.05) is 12.6 Å². The van der Waals surface area contributed by atoms with Gasteiger partial charge in [-0.15, -0.1) is 0 Å². The number of rotatable bonds is 2. The molecule has 3 nitrogen and oxygen atoms in total. The summed E-state index contributed by atoms with van der Waals surface area (Å²) in [7, 11) is 0. The lowest BCUT2D eigenvalue weighted by Gasteiger charge is -2.36. The third kappa shape index (κ3) is 5.46. The number of hydrogen-bond acceptors (Lipinski definition) is 3. The molecule has 0 aromatic carbocycles. The average Bonchev–Trinajstić information content (AvgIpc) is 2.48. The van der Waals surface area contributed by atoms with Crippen LogP contribution in [0.1, 0.15) is 71.1 Å². The maximum atomic E-state index is 11.6. The topological polar surface area (TPSA) is 38.3 Å². The number of carbonyl (C=O) groups is 1. The van der Waals surface area contributed by atoms with Crippen LogP contribution in [0.4, 0.5) is 0 Å². The number of carbonyl (C=O) groups excluding carboxylic acids is 1. The van der Waals surface area contributed by atoms with Crippen LogP contribution in [0.3, 0.4) is 0 Å². The molecule has 0 amide bonds. The lowest BCUT2D eigenvalue weighted by molar-refractivity contribution is -0.184. The molecule has 3 heteroatoms. The highest BCUT2D eigenvalue weighted by atomic mass is 16.6. The lowest BCUT2D eigenvalue weighted by Crippen LogP contribution is -2.51. The number of allylic oxidation sites excluding steroid dienone is 2. The Bertz CT molecular complexity index is 340. The summed E-state index contributed by atoms with van der Waals surface area (Å²) in [5, 5.41) is 3.65. The predicted molar refractivity (Wildman–Crippen MR) is 86.1 cm³/mol. The molecular formula is C18H31NO2.